The molecule has 0 N–H and O–H groups in total. The molecular formula is C14H18N2O3S. The van der Waals surface area contributed by atoms with E-state index in [2.05, 4.69) is 21.7 Å². The van der Waals surface area contributed by atoms with Crippen LogP contribution in [0.15, 0.2) is 16.8 Å². The molecule has 1 aromatic rings. The van der Waals surface area contributed by atoms with Crippen LogP contribution in [0.2, 0.25) is 0 Å². The molecule has 2 aliphatic rings. The molecule has 5 nitrogen and oxygen atoms in total. The molecule has 0 spiro atoms. The van der Waals surface area contributed by atoms with Crippen LogP contribution < -0.4 is 0 Å². The van der Waals surface area contributed by atoms with Crippen molar-refractivity contribution in [2.45, 2.75) is 18.9 Å². The molecule has 2 fully saturated rings. The summed E-state index contributed by atoms with van der Waals surface area (Å²) in [5.41, 5.74) is 1.22. The fraction of sp³-hybridized carbons (Fsp3) is 0.571. The van der Waals surface area contributed by atoms with Gasteiger partial charge in [-0.15, -0.1) is 0 Å². The zero-order chi connectivity index (χ0) is 13.9. The van der Waals surface area contributed by atoms with Gasteiger partial charge in [0.1, 0.15) is 0 Å². The highest BCUT2D eigenvalue weighted by Crippen LogP contribution is 2.24. The second kappa shape index (κ2) is 6.03. The third-order valence-electron chi connectivity index (χ3n) is 3.86. The number of likely N-dealkylation sites (tertiary alicyclic amines) is 1. The summed E-state index contributed by atoms with van der Waals surface area (Å²) in [6.45, 7) is 3.63. The number of carbonyl (C=O) groups excluding carboxylic acids is 2. The van der Waals surface area contributed by atoms with E-state index < -0.39 is 0 Å². The van der Waals surface area contributed by atoms with Crippen molar-refractivity contribution < 1.29 is 14.3 Å². The molecule has 3 heterocycles. The third kappa shape index (κ3) is 2.92. The van der Waals surface area contributed by atoms with E-state index in [4.69, 9.17) is 4.74 Å². The summed E-state index contributed by atoms with van der Waals surface area (Å²) >= 11 is 1.67. The highest BCUT2D eigenvalue weighted by Gasteiger charge is 2.29. The van der Waals surface area contributed by atoms with Crippen molar-refractivity contribution in [3.63, 3.8) is 0 Å². The predicted octanol–water partition coefficient (Wildman–Crippen LogP) is 1.27. The van der Waals surface area contributed by atoms with E-state index in [0.29, 0.717) is 26.0 Å². The molecule has 20 heavy (non-hydrogen) atoms. The number of hydrogen-bond donors (Lipinski definition) is 0. The molecule has 0 aliphatic carbocycles. The highest BCUT2D eigenvalue weighted by molar-refractivity contribution is 7.07. The summed E-state index contributed by atoms with van der Waals surface area (Å²) in [5, 5.41) is 4.17. The van der Waals surface area contributed by atoms with Crippen molar-refractivity contribution in [1.82, 2.24) is 9.80 Å². The fourth-order valence-corrected chi connectivity index (χ4v) is 3.38. The van der Waals surface area contributed by atoms with Gasteiger partial charge in [-0.25, -0.2) is 0 Å². The molecule has 1 atom stereocenters. The van der Waals surface area contributed by atoms with Gasteiger partial charge in [0.15, 0.2) is 0 Å². The summed E-state index contributed by atoms with van der Waals surface area (Å²) < 4.78 is 5.78. The van der Waals surface area contributed by atoms with Crippen LogP contribution >= 0.6 is 11.3 Å². The number of imide groups is 1. The lowest BCUT2D eigenvalue weighted by Crippen LogP contribution is -2.43. The Morgan fingerprint density at radius 2 is 2.05 bits per heavy atom. The van der Waals surface area contributed by atoms with Crippen LogP contribution in [0, 0.1) is 0 Å². The number of carbonyl (C=O) groups is 2. The molecule has 1 aromatic heterocycles. The van der Waals surface area contributed by atoms with E-state index in [-0.39, 0.29) is 17.9 Å². The number of rotatable bonds is 4. The molecule has 0 bridgehead atoms. The van der Waals surface area contributed by atoms with Gasteiger partial charge < -0.3 is 4.74 Å². The van der Waals surface area contributed by atoms with Gasteiger partial charge in [-0.1, -0.05) is 0 Å². The molecule has 2 saturated heterocycles. The number of thiophene rings is 1. The zero-order valence-corrected chi connectivity index (χ0v) is 12.1. The van der Waals surface area contributed by atoms with Gasteiger partial charge in [0.25, 0.3) is 0 Å². The van der Waals surface area contributed by atoms with E-state index in [1.807, 2.05) is 0 Å². The molecular weight excluding hydrogens is 276 g/mol. The third-order valence-corrected chi connectivity index (χ3v) is 4.56. The first-order chi connectivity index (χ1) is 9.74. The summed E-state index contributed by atoms with van der Waals surface area (Å²) in [5.74, 6) is -0.0599. The Morgan fingerprint density at radius 1 is 1.25 bits per heavy atom. The number of morpholine rings is 1. The van der Waals surface area contributed by atoms with Gasteiger partial charge in [-0.2, -0.15) is 11.3 Å². The average molecular weight is 294 g/mol. The maximum atomic E-state index is 11.6. The quantitative estimate of drug-likeness (QED) is 0.785. The molecule has 108 valence electrons. The predicted molar refractivity (Wildman–Crippen MR) is 75.4 cm³/mol. The lowest BCUT2D eigenvalue weighted by atomic mass is 10.1. The topological polar surface area (TPSA) is 49.9 Å². The monoisotopic (exact) mass is 294 g/mol. The molecule has 3 rings (SSSR count). The van der Waals surface area contributed by atoms with E-state index in [1.165, 1.54) is 10.5 Å². The lowest BCUT2D eigenvalue weighted by Gasteiger charge is -2.33. The van der Waals surface area contributed by atoms with E-state index in [9.17, 15) is 9.59 Å². The SMILES string of the molecule is O=C1CCC(=O)N1CCN1CCO[C@H](c2ccsc2)C1. The Hall–Kier alpha value is -1.24. The van der Waals surface area contributed by atoms with Crippen molar-refractivity contribution >= 4 is 23.2 Å². The summed E-state index contributed by atoms with van der Waals surface area (Å²) in [4.78, 5) is 26.8. The van der Waals surface area contributed by atoms with Gasteiger partial charge >= 0.3 is 0 Å². The minimum atomic E-state index is -0.0300. The molecule has 0 radical (unpaired) electrons. The van der Waals surface area contributed by atoms with Crippen LogP contribution in [0.1, 0.15) is 24.5 Å². The first-order valence-corrected chi connectivity index (χ1v) is 7.87. The minimum Gasteiger partial charge on any atom is -0.371 e. The van der Waals surface area contributed by atoms with Crippen molar-refractivity contribution in [2.75, 3.05) is 32.8 Å². The maximum absolute atomic E-state index is 11.6. The Balaban J connectivity index is 1.53. The average Bonchev–Trinajstić information content (AvgIpc) is 3.09. The minimum absolute atomic E-state index is 0.0300. The second-order valence-electron chi connectivity index (χ2n) is 5.16. The Bertz CT molecular complexity index is 473. The fourth-order valence-electron chi connectivity index (χ4n) is 2.68. The second-order valence-corrected chi connectivity index (χ2v) is 5.94. The van der Waals surface area contributed by atoms with Crippen LogP contribution in [0.5, 0.6) is 0 Å². The Morgan fingerprint density at radius 3 is 2.75 bits per heavy atom. The molecule has 0 saturated carbocycles. The number of nitrogens with zero attached hydrogens (tertiary/aromatic N) is 2. The lowest BCUT2D eigenvalue weighted by molar-refractivity contribution is -0.138. The molecule has 6 heteroatoms. The van der Waals surface area contributed by atoms with Crippen LogP contribution in [0.25, 0.3) is 0 Å². The van der Waals surface area contributed by atoms with E-state index in [1.54, 1.807) is 11.3 Å². The molecule has 2 amide bonds. The Kier molecular flexibility index (Phi) is 4.14. The largest absolute Gasteiger partial charge is 0.371 e. The van der Waals surface area contributed by atoms with Gasteiger partial charge in [-0.3, -0.25) is 19.4 Å². The number of ether oxygens (including phenoxy) is 1. The summed E-state index contributed by atoms with van der Waals surface area (Å²) in [6, 6.07) is 2.09. The molecule has 2 aliphatic heterocycles. The summed E-state index contributed by atoms with van der Waals surface area (Å²) in [6.07, 6.45) is 0.860. The van der Waals surface area contributed by atoms with Crippen LogP contribution in [-0.4, -0.2) is 54.4 Å². The maximum Gasteiger partial charge on any atom is 0.229 e. The standard InChI is InChI=1S/C14H18N2O3S/c17-13-1-2-14(18)16(13)5-4-15-6-7-19-12(9-15)11-3-8-20-10-11/h3,8,10,12H,1-2,4-7,9H2/t12-/m0/s1. The van der Waals surface area contributed by atoms with Crippen molar-refractivity contribution in [3.05, 3.63) is 22.4 Å². The van der Waals surface area contributed by atoms with Crippen molar-refractivity contribution in [3.8, 4) is 0 Å². The first kappa shape index (κ1) is 13.7. The highest BCUT2D eigenvalue weighted by atomic mass is 32.1. The van der Waals surface area contributed by atoms with E-state index >= 15 is 0 Å². The van der Waals surface area contributed by atoms with Gasteiger partial charge in [0.2, 0.25) is 11.8 Å². The van der Waals surface area contributed by atoms with Gasteiger partial charge in [-0.05, 0) is 22.4 Å². The normalized spacial score (nSPS) is 24.6. The van der Waals surface area contributed by atoms with Crippen LogP contribution in [0.3, 0.4) is 0 Å². The summed E-state index contributed by atoms with van der Waals surface area (Å²) in [7, 11) is 0. The van der Waals surface area contributed by atoms with Crippen LogP contribution in [0.4, 0.5) is 0 Å². The van der Waals surface area contributed by atoms with Crippen molar-refractivity contribution in [2.24, 2.45) is 0 Å². The Labute approximate surface area is 122 Å². The van der Waals surface area contributed by atoms with Crippen LogP contribution in [-0.2, 0) is 14.3 Å². The van der Waals surface area contributed by atoms with E-state index in [0.717, 1.165) is 19.6 Å². The molecule has 0 unspecified atom stereocenters. The first-order valence-electron chi connectivity index (χ1n) is 6.93. The molecule has 0 aromatic carbocycles. The number of amides is 2. The van der Waals surface area contributed by atoms with Gasteiger partial charge in [0.05, 0.1) is 12.7 Å². The smallest absolute Gasteiger partial charge is 0.229 e. The zero-order valence-electron chi connectivity index (χ0n) is 11.3. The van der Waals surface area contributed by atoms with Gasteiger partial charge in [0, 0.05) is 39.0 Å². The van der Waals surface area contributed by atoms with Crippen molar-refractivity contribution in [1.29, 1.82) is 0 Å². The number of hydrogen-bond acceptors (Lipinski definition) is 5.